The molecule has 5 atom stereocenters. The van der Waals surface area contributed by atoms with Crippen LogP contribution in [-0.4, -0.2) is 58.9 Å². The number of carbonyl (C=O) groups excluding carboxylic acids is 3. The molecule has 0 bridgehead atoms. The number of likely N-dealkylation sites (N-methyl/N-ethyl adjacent to an activating group) is 1. The first-order chi connectivity index (χ1) is 17.8. The Bertz CT molecular complexity index is 1040. The van der Waals surface area contributed by atoms with Gasteiger partial charge in [-0.1, -0.05) is 36.4 Å². The second-order valence-electron chi connectivity index (χ2n) is 10.5. The van der Waals surface area contributed by atoms with Crippen LogP contribution in [0.3, 0.4) is 0 Å². The topological polar surface area (TPSA) is 90.5 Å². The van der Waals surface area contributed by atoms with Crippen LogP contribution < -0.4 is 16.0 Å². The van der Waals surface area contributed by atoms with Crippen molar-refractivity contribution in [3.63, 3.8) is 0 Å². The van der Waals surface area contributed by atoms with Gasteiger partial charge in [-0.3, -0.25) is 14.4 Å². The maximum Gasteiger partial charge on any atom is 0.246 e. The van der Waals surface area contributed by atoms with Crippen molar-refractivity contribution in [2.45, 2.75) is 81.4 Å². The summed E-state index contributed by atoms with van der Waals surface area (Å²) in [5.41, 5.74) is 1.95. The SMILES string of the molecule is C=CCC1(CC=C)C[C@@H]2SCC[C@H](NC(=O)[C@H](C)NC)C(=O)N2C1C(=O)N[C@@H]1CCCc2ccccc21.Cl. The lowest BCUT2D eigenvalue weighted by molar-refractivity contribution is -0.144. The molecule has 0 aromatic heterocycles. The van der Waals surface area contributed by atoms with Crippen LogP contribution in [0, 0.1) is 5.41 Å². The minimum absolute atomic E-state index is 0. The van der Waals surface area contributed by atoms with Gasteiger partial charge >= 0.3 is 0 Å². The molecule has 4 rings (SSSR count). The Kier molecular flexibility index (Phi) is 10.5. The van der Waals surface area contributed by atoms with Gasteiger partial charge in [0.1, 0.15) is 12.1 Å². The zero-order chi connectivity index (χ0) is 26.6. The predicted molar refractivity (Wildman–Crippen MR) is 156 cm³/mol. The number of aryl methyl sites for hydroxylation is 1. The van der Waals surface area contributed by atoms with Crippen LogP contribution in [0.2, 0.25) is 0 Å². The molecule has 208 valence electrons. The van der Waals surface area contributed by atoms with E-state index in [9.17, 15) is 14.4 Å². The summed E-state index contributed by atoms with van der Waals surface area (Å²) < 4.78 is 0. The highest BCUT2D eigenvalue weighted by Crippen LogP contribution is 2.51. The van der Waals surface area contributed by atoms with Gasteiger partial charge in [0.15, 0.2) is 0 Å². The lowest BCUT2D eigenvalue weighted by atomic mass is 9.73. The number of hydrogen-bond donors (Lipinski definition) is 3. The number of hydrogen-bond acceptors (Lipinski definition) is 5. The molecule has 38 heavy (non-hydrogen) atoms. The lowest BCUT2D eigenvalue weighted by Crippen LogP contribution is -2.58. The van der Waals surface area contributed by atoms with Crippen molar-refractivity contribution in [3.05, 3.63) is 60.7 Å². The summed E-state index contributed by atoms with van der Waals surface area (Å²) in [5, 5.41) is 9.07. The van der Waals surface area contributed by atoms with Crippen LogP contribution in [0.5, 0.6) is 0 Å². The molecule has 2 heterocycles. The number of nitrogens with zero attached hydrogens (tertiary/aromatic N) is 1. The Hall–Kier alpha value is -2.29. The number of nitrogens with one attached hydrogen (secondary N) is 3. The van der Waals surface area contributed by atoms with E-state index in [4.69, 9.17) is 0 Å². The van der Waals surface area contributed by atoms with E-state index in [1.807, 2.05) is 24.3 Å². The minimum Gasteiger partial charge on any atom is -0.347 e. The first kappa shape index (κ1) is 30.3. The normalized spacial score (nSPS) is 26.6. The number of halogens is 1. The average molecular weight is 561 g/mol. The van der Waals surface area contributed by atoms with Gasteiger partial charge in [0, 0.05) is 5.41 Å². The van der Waals surface area contributed by atoms with Crippen molar-refractivity contribution in [2.24, 2.45) is 5.41 Å². The number of amides is 3. The maximum absolute atomic E-state index is 14.2. The van der Waals surface area contributed by atoms with Gasteiger partial charge in [0.2, 0.25) is 17.7 Å². The molecule has 7 nitrogen and oxygen atoms in total. The second-order valence-corrected chi connectivity index (χ2v) is 11.8. The summed E-state index contributed by atoms with van der Waals surface area (Å²) in [6.45, 7) is 9.74. The Balaban J connectivity index is 0.00000400. The molecule has 0 saturated carbocycles. The van der Waals surface area contributed by atoms with E-state index in [0.29, 0.717) is 25.7 Å². The fourth-order valence-electron chi connectivity index (χ4n) is 6.22. The molecule has 0 radical (unpaired) electrons. The molecule has 1 aromatic carbocycles. The van der Waals surface area contributed by atoms with Crippen molar-refractivity contribution in [2.75, 3.05) is 12.8 Å². The number of fused-ring (bicyclic) bond motifs is 2. The molecule has 2 aliphatic heterocycles. The third-order valence-electron chi connectivity index (χ3n) is 8.20. The summed E-state index contributed by atoms with van der Waals surface area (Å²) in [4.78, 5) is 42.7. The van der Waals surface area contributed by atoms with E-state index in [1.165, 1.54) is 5.56 Å². The van der Waals surface area contributed by atoms with Gasteiger partial charge in [-0.15, -0.1) is 37.3 Å². The molecule has 3 amide bonds. The van der Waals surface area contributed by atoms with E-state index in [1.54, 1.807) is 30.6 Å². The van der Waals surface area contributed by atoms with Crippen LogP contribution >= 0.6 is 24.2 Å². The number of allylic oxidation sites excluding steroid dienone is 2. The largest absolute Gasteiger partial charge is 0.347 e. The second kappa shape index (κ2) is 13.2. The van der Waals surface area contributed by atoms with E-state index < -0.39 is 23.5 Å². The Labute approximate surface area is 237 Å². The minimum atomic E-state index is -0.665. The summed E-state index contributed by atoms with van der Waals surface area (Å²) in [6.07, 6.45) is 9.05. The molecule has 2 saturated heterocycles. The quantitative estimate of drug-likeness (QED) is 0.399. The third kappa shape index (κ3) is 5.97. The van der Waals surface area contributed by atoms with Crippen LogP contribution in [-0.2, 0) is 20.8 Å². The number of rotatable bonds is 9. The molecule has 9 heteroatoms. The molecule has 3 N–H and O–H groups in total. The van der Waals surface area contributed by atoms with Crippen LogP contribution in [0.15, 0.2) is 49.6 Å². The summed E-state index contributed by atoms with van der Waals surface area (Å²) in [7, 11) is 1.72. The van der Waals surface area contributed by atoms with Gasteiger partial charge in [0.05, 0.1) is 17.5 Å². The highest BCUT2D eigenvalue weighted by atomic mass is 35.5. The number of benzene rings is 1. The van der Waals surface area contributed by atoms with Crippen LogP contribution in [0.1, 0.15) is 62.6 Å². The number of carbonyl (C=O) groups is 3. The molecule has 1 aliphatic carbocycles. The zero-order valence-electron chi connectivity index (χ0n) is 22.4. The molecule has 1 aromatic rings. The third-order valence-corrected chi connectivity index (χ3v) is 9.45. The maximum atomic E-state index is 14.2. The van der Waals surface area contributed by atoms with Gasteiger partial charge in [-0.25, -0.2) is 0 Å². The Morgan fingerprint density at radius 2 is 1.87 bits per heavy atom. The van der Waals surface area contributed by atoms with Crippen molar-refractivity contribution in [1.29, 1.82) is 0 Å². The van der Waals surface area contributed by atoms with Gasteiger partial charge in [-0.2, -0.15) is 0 Å². The summed E-state index contributed by atoms with van der Waals surface area (Å²) in [6, 6.07) is 6.47. The molecule has 3 aliphatic rings. The van der Waals surface area contributed by atoms with Crippen LogP contribution in [0.25, 0.3) is 0 Å². The van der Waals surface area contributed by atoms with Gasteiger partial charge < -0.3 is 20.9 Å². The lowest BCUT2D eigenvalue weighted by Gasteiger charge is -2.38. The molecular weight excluding hydrogens is 520 g/mol. The van der Waals surface area contributed by atoms with Crippen molar-refractivity contribution in [1.82, 2.24) is 20.9 Å². The first-order valence-electron chi connectivity index (χ1n) is 13.4. The zero-order valence-corrected chi connectivity index (χ0v) is 24.0. The monoisotopic (exact) mass is 560 g/mol. The summed E-state index contributed by atoms with van der Waals surface area (Å²) in [5.74, 6) is 0.212. The Morgan fingerprint density at radius 3 is 2.55 bits per heavy atom. The number of thioether (sulfide) groups is 1. The fraction of sp³-hybridized carbons (Fsp3) is 0.552. The molecule has 1 unspecified atom stereocenters. The van der Waals surface area contributed by atoms with Gasteiger partial charge in [-0.05, 0) is 75.8 Å². The van der Waals surface area contributed by atoms with Gasteiger partial charge in [0.25, 0.3) is 0 Å². The van der Waals surface area contributed by atoms with E-state index >= 15 is 0 Å². The standard InChI is InChI=1S/C29H40N4O3S.ClH/c1-5-15-29(16-6-2)18-24-33(28(36)23(14-17-37-24)32-26(34)19(3)30-4)25(29)27(35)31-22-13-9-11-20-10-7-8-12-21(20)22;/h5-8,10,12,19,22-25,30H,1-2,9,11,13-18H2,3-4H3,(H,31,35)(H,32,34);1H/t19-,22+,23-,24-,25?;/m0./s1. The van der Waals surface area contributed by atoms with Crippen molar-refractivity contribution >= 4 is 41.9 Å². The van der Waals surface area contributed by atoms with Crippen molar-refractivity contribution < 1.29 is 14.4 Å². The highest BCUT2D eigenvalue weighted by molar-refractivity contribution is 7.99. The van der Waals surface area contributed by atoms with E-state index in [-0.39, 0.29) is 41.5 Å². The van der Waals surface area contributed by atoms with E-state index in [2.05, 4.69) is 41.2 Å². The average Bonchev–Trinajstić information content (AvgIpc) is 3.13. The molecule has 0 spiro atoms. The highest BCUT2D eigenvalue weighted by Gasteiger charge is 2.57. The first-order valence-corrected chi connectivity index (χ1v) is 14.4. The fourth-order valence-corrected chi connectivity index (χ4v) is 7.70. The molecular formula is C29H41ClN4O3S. The smallest absolute Gasteiger partial charge is 0.246 e. The predicted octanol–water partition coefficient (Wildman–Crippen LogP) is 3.90. The Morgan fingerprint density at radius 1 is 1.16 bits per heavy atom. The molecule has 2 fully saturated rings. The van der Waals surface area contributed by atoms with E-state index in [0.717, 1.165) is 30.6 Å². The summed E-state index contributed by atoms with van der Waals surface area (Å²) >= 11 is 1.70. The van der Waals surface area contributed by atoms with Crippen molar-refractivity contribution in [3.8, 4) is 0 Å². The van der Waals surface area contributed by atoms with Crippen LogP contribution in [0.4, 0.5) is 0 Å².